The summed E-state index contributed by atoms with van der Waals surface area (Å²) in [5.74, 6) is 0.692. The van der Waals surface area contributed by atoms with E-state index in [0.29, 0.717) is 11.4 Å². The van der Waals surface area contributed by atoms with Crippen LogP contribution in [0.5, 0.6) is 0 Å². The van der Waals surface area contributed by atoms with Gasteiger partial charge in [0.25, 0.3) is 0 Å². The predicted octanol–water partition coefficient (Wildman–Crippen LogP) is 10.2. The summed E-state index contributed by atoms with van der Waals surface area (Å²) in [5.41, 5.74) is 5.17. The highest BCUT2D eigenvalue weighted by molar-refractivity contribution is 6.25. The summed E-state index contributed by atoms with van der Waals surface area (Å²) in [7, 11) is 0. The van der Waals surface area contributed by atoms with E-state index in [1.165, 1.54) is 32.3 Å². The van der Waals surface area contributed by atoms with E-state index in [9.17, 15) is 0 Å². The largest absolute Gasteiger partial charge is 0.452 e. The Bertz CT molecular complexity index is 2110. The van der Waals surface area contributed by atoms with Crippen LogP contribution in [0.15, 0.2) is 126 Å². The van der Waals surface area contributed by atoms with Crippen molar-refractivity contribution in [2.75, 3.05) is 0 Å². The van der Waals surface area contributed by atoms with Gasteiger partial charge in [-0.15, -0.1) is 0 Å². The number of aromatic nitrogens is 2. The Morgan fingerprint density at radius 1 is 0.462 bits per heavy atom. The second-order valence-corrected chi connectivity index (χ2v) is 9.39. The zero-order chi connectivity index (χ0) is 26.3. The maximum absolute atomic E-state index is 6.28. The van der Waals surface area contributed by atoms with Gasteiger partial charge >= 0.3 is 0 Å². The summed E-state index contributed by atoms with van der Waals surface area (Å²) in [6, 6.07) is 42.1. The average molecular weight is 503 g/mol. The van der Waals surface area contributed by atoms with E-state index in [-0.39, 0.29) is 0 Å². The van der Waals surface area contributed by atoms with Crippen molar-refractivity contribution in [3.8, 4) is 22.6 Å². The van der Waals surface area contributed by atoms with Crippen molar-refractivity contribution in [3.63, 3.8) is 0 Å². The van der Waals surface area contributed by atoms with Crippen LogP contribution in [0.1, 0.15) is 13.8 Å². The zero-order valence-corrected chi connectivity index (χ0v) is 21.8. The molecule has 0 aliphatic rings. The molecule has 186 valence electrons. The van der Waals surface area contributed by atoms with Gasteiger partial charge in [0.1, 0.15) is 16.8 Å². The molecule has 0 spiro atoms. The summed E-state index contributed by atoms with van der Waals surface area (Å²) in [5, 5.41) is 8.44. The maximum Gasteiger partial charge on any atom is 0.180 e. The van der Waals surface area contributed by atoms with Crippen molar-refractivity contribution in [2.45, 2.75) is 13.8 Å². The van der Waals surface area contributed by atoms with Gasteiger partial charge in [0.15, 0.2) is 11.4 Å². The van der Waals surface area contributed by atoms with E-state index in [0.717, 1.165) is 33.3 Å². The third-order valence-corrected chi connectivity index (χ3v) is 7.27. The Balaban J connectivity index is 0.00000124. The molecule has 39 heavy (non-hydrogen) atoms. The van der Waals surface area contributed by atoms with Crippen LogP contribution >= 0.6 is 0 Å². The van der Waals surface area contributed by atoms with Crippen molar-refractivity contribution in [2.24, 2.45) is 0 Å². The highest BCUT2D eigenvalue weighted by atomic mass is 16.3. The Morgan fingerprint density at radius 3 is 1.67 bits per heavy atom. The van der Waals surface area contributed by atoms with Crippen molar-refractivity contribution < 1.29 is 4.42 Å². The molecule has 0 atom stereocenters. The highest BCUT2D eigenvalue weighted by Gasteiger charge is 2.18. The molecule has 0 bridgehead atoms. The zero-order valence-electron chi connectivity index (χ0n) is 21.8. The molecule has 8 rings (SSSR count). The first kappa shape index (κ1) is 23.1. The van der Waals surface area contributed by atoms with Crippen LogP contribution in [-0.4, -0.2) is 9.97 Å². The van der Waals surface area contributed by atoms with Gasteiger partial charge in [-0.05, 0) is 50.5 Å². The number of rotatable bonds is 2. The fourth-order valence-electron chi connectivity index (χ4n) is 5.56. The molecule has 6 aromatic carbocycles. The lowest BCUT2D eigenvalue weighted by atomic mass is 9.93. The molecule has 0 amide bonds. The van der Waals surface area contributed by atoms with Crippen LogP contribution in [0.25, 0.3) is 77.0 Å². The summed E-state index contributed by atoms with van der Waals surface area (Å²) in [6.07, 6.45) is 0. The topological polar surface area (TPSA) is 38.9 Å². The quantitative estimate of drug-likeness (QED) is 0.221. The van der Waals surface area contributed by atoms with Gasteiger partial charge < -0.3 is 4.42 Å². The van der Waals surface area contributed by atoms with Gasteiger partial charge in [-0.3, -0.25) is 0 Å². The lowest BCUT2D eigenvalue weighted by Gasteiger charge is -2.12. The molecule has 2 heterocycles. The number of hydrogen-bond acceptors (Lipinski definition) is 3. The number of benzene rings is 6. The number of para-hydroxylation sites is 1. The van der Waals surface area contributed by atoms with Crippen molar-refractivity contribution >= 4 is 54.4 Å². The van der Waals surface area contributed by atoms with Crippen LogP contribution < -0.4 is 0 Å². The van der Waals surface area contributed by atoms with Crippen LogP contribution in [0.4, 0.5) is 0 Å². The van der Waals surface area contributed by atoms with Gasteiger partial charge in [0.2, 0.25) is 0 Å². The van der Waals surface area contributed by atoms with Gasteiger partial charge in [-0.2, -0.15) is 0 Å². The van der Waals surface area contributed by atoms with Crippen LogP contribution in [0.2, 0.25) is 0 Å². The fraction of sp³-hybridized carbons (Fsp3) is 0.0556. The van der Waals surface area contributed by atoms with Crippen LogP contribution in [0.3, 0.4) is 0 Å². The molecule has 0 unspecified atom stereocenters. The number of fused-ring (bicyclic) bond motifs is 9. The number of furan rings is 1. The molecule has 0 aliphatic carbocycles. The molecule has 0 saturated heterocycles. The van der Waals surface area contributed by atoms with E-state index in [1.54, 1.807) is 0 Å². The summed E-state index contributed by atoms with van der Waals surface area (Å²) >= 11 is 0. The van der Waals surface area contributed by atoms with E-state index < -0.39 is 0 Å². The van der Waals surface area contributed by atoms with Crippen molar-refractivity contribution in [1.29, 1.82) is 0 Å². The Morgan fingerprint density at radius 2 is 1.00 bits per heavy atom. The van der Waals surface area contributed by atoms with E-state index >= 15 is 0 Å². The molecule has 3 heteroatoms. The average Bonchev–Trinajstić information content (AvgIpc) is 3.41. The molecule has 3 nitrogen and oxygen atoms in total. The first-order chi connectivity index (χ1) is 19.3. The Hall–Kier alpha value is -5.02. The number of hydrogen-bond donors (Lipinski definition) is 0. The lowest BCUT2D eigenvalue weighted by molar-refractivity contribution is 0.667. The molecule has 2 aromatic heterocycles. The fourth-order valence-corrected chi connectivity index (χ4v) is 5.56. The van der Waals surface area contributed by atoms with Gasteiger partial charge in [-0.1, -0.05) is 117 Å². The van der Waals surface area contributed by atoms with Crippen LogP contribution in [0, 0.1) is 0 Å². The first-order valence-corrected chi connectivity index (χ1v) is 13.4. The lowest BCUT2D eigenvalue weighted by Crippen LogP contribution is -1.94. The van der Waals surface area contributed by atoms with Crippen molar-refractivity contribution in [3.05, 3.63) is 121 Å². The summed E-state index contributed by atoms with van der Waals surface area (Å²) < 4.78 is 6.28. The molecule has 0 fully saturated rings. The molecule has 0 N–H and O–H groups in total. The molecule has 0 aliphatic heterocycles. The van der Waals surface area contributed by atoms with E-state index in [4.69, 9.17) is 14.4 Å². The minimum Gasteiger partial charge on any atom is -0.452 e. The molecule has 0 radical (unpaired) electrons. The van der Waals surface area contributed by atoms with E-state index in [1.807, 2.05) is 50.2 Å². The monoisotopic (exact) mass is 502 g/mol. The molecular formula is C36H26N2O. The second kappa shape index (κ2) is 9.38. The smallest absolute Gasteiger partial charge is 0.180 e. The molecule has 8 aromatic rings. The SMILES string of the molecule is CC.c1ccc(-c2nc(-c3ccc4c5ccccc5c5ccccc5c4c3)nc3c2oc2ccccc23)cc1. The summed E-state index contributed by atoms with van der Waals surface area (Å²) in [4.78, 5) is 10.1. The normalized spacial score (nSPS) is 11.3. The maximum atomic E-state index is 6.28. The Labute approximate surface area is 226 Å². The predicted molar refractivity (Wildman–Crippen MR) is 164 cm³/mol. The third kappa shape index (κ3) is 3.66. The minimum atomic E-state index is 0.692. The molecular weight excluding hydrogens is 476 g/mol. The Kier molecular flexibility index (Phi) is 5.56. The first-order valence-electron chi connectivity index (χ1n) is 13.4. The second-order valence-electron chi connectivity index (χ2n) is 9.39. The highest BCUT2D eigenvalue weighted by Crippen LogP contribution is 2.39. The standard InChI is InChI=1S/C34H20N2O.C2H6/c1-2-10-21(11-3-1)31-33-32(28-16-8-9-17-30(28)37-33)36-34(35-31)22-18-19-27-25-14-5-4-12-23(25)24-13-6-7-15-26(24)29(27)20-22;1-2/h1-20H;1-2H3. The third-order valence-electron chi connectivity index (χ3n) is 7.27. The van der Waals surface area contributed by atoms with Gasteiger partial charge in [0.05, 0.1) is 0 Å². The van der Waals surface area contributed by atoms with Crippen LogP contribution in [-0.2, 0) is 0 Å². The van der Waals surface area contributed by atoms with E-state index in [2.05, 4.69) is 84.9 Å². The van der Waals surface area contributed by atoms with Gasteiger partial charge in [-0.25, -0.2) is 9.97 Å². The van der Waals surface area contributed by atoms with Crippen molar-refractivity contribution in [1.82, 2.24) is 9.97 Å². The number of nitrogens with zero attached hydrogens (tertiary/aromatic N) is 2. The minimum absolute atomic E-state index is 0.692. The molecule has 0 saturated carbocycles. The summed E-state index contributed by atoms with van der Waals surface area (Å²) in [6.45, 7) is 4.00. The van der Waals surface area contributed by atoms with Gasteiger partial charge in [0, 0.05) is 16.5 Å².